The van der Waals surface area contributed by atoms with Crippen molar-refractivity contribution in [1.29, 1.82) is 0 Å². The van der Waals surface area contributed by atoms with E-state index in [1.807, 2.05) is 0 Å². The Labute approximate surface area is 86.2 Å². The lowest BCUT2D eigenvalue weighted by atomic mass is 10.1. The summed E-state index contributed by atoms with van der Waals surface area (Å²) in [5, 5.41) is 4.46. The molecule has 0 saturated carbocycles. The van der Waals surface area contributed by atoms with Crippen molar-refractivity contribution in [3.05, 3.63) is 35.6 Å². The third kappa shape index (κ3) is 1.59. The van der Waals surface area contributed by atoms with E-state index in [0.717, 1.165) is 11.3 Å². The summed E-state index contributed by atoms with van der Waals surface area (Å²) in [4.78, 5) is 0. The van der Waals surface area contributed by atoms with Crippen molar-refractivity contribution in [2.45, 2.75) is 0 Å². The second kappa shape index (κ2) is 3.72. The molecule has 0 atom stereocenters. The largest absolute Gasteiger partial charge is 0.496 e. The molecule has 0 bridgehead atoms. The highest BCUT2D eigenvalue weighted by atomic mass is 35.5. The normalized spacial score (nSPS) is 10.1. The number of halogens is 1. The molecule has 2 rings (SSSR count). The van der Waals surface area contributed by atoms with Crippen LogP contribution in [0.1, 0.15) is 0 Å². The number of rotatable bonds is 2. The summed E-state index contributed by atoms with van der Waals surface area (Å²) in [6.45, 7) is 0. The highest BCUT2D eigenvalue weighted by Gasteiger charge is 2.08. The van der Waals surface area contributed by atoms with Crippen LogP contribution in [0, 0.1) is 0 Å². The molecule has 0 radical (unpaired) electrons. The van der Waals surface area contributed by atoms with Crippen molar-refractivity contribution in [1.82, 2.24) is 5.16 Å². The van der Waals surface area contributed by atoms with Gasteiger partial charge in [-0.1, -0.05) is 16.8 Å². The first-order chi connectivity index (χ1) is 6.81. The maximum atomic E-state index is 5.88. The Morgan fingerprint density at radius 3 is 2.86 bits per heavy atom. The van der Waals surface area contributed by atoms with Gasteiger partial charge in [0.05, 0.1) is 7.11 Å². The lowest BCUT2D eigenvalue weighted by Crippen LogP contribution is -1.87. The van der Waals surface area contributed by atoms with Crippen molar-refractivity contribution >= 4 is 11.6 Å². The van der Waals surface area contributed by atoms with Gasteiger partial charge in [-0.25, -0.2) is 0 Å². The van der Waals surface area contributed by atoms with Gasteiger partial charge >= 0.3 is 0 Å². The average Bonchev–Trinajstić information content (AvgIpc) is 2.70. The fourth-order valence-corrected chi connectivity index (χ4v) is 1.40. The second-order valence-electron chi connectivity index (χ2n) is 2.73. The Bertz CT molecular complexity index is 426. The van der Waals surface area contributed by atoms with Crippen LogP contribution in [0.2, 0.25) is 5.02 Å². The number of hydrogen-bond donors (Lipinski definition) is 0. The fourth-order valence-electron chi connectivity index (χ4n) is 1.23. The summed E-state index contributed by atoms with van der Waals surface area (Å²) < 4.78 is 9.94. The minimum Gasteiger partial charge on any atom is -0.496 e. The zero-order valence-electron chi connectivity index (χ0n) is 7.53. The molecule has 14 heavy (non-hydrogen) atoms. The SMILES string of the molecule is COc1ccc(Cl)cc1-c1ccon1. The van der Waals surface area contributed by atoms with Crippen LogP contribution in [0.15, 0.2) is 35.1 Å². The lowest BCUT2D eigenvalue weighted by molar-refractivity contribution is 0.411. The van der Waals surface area contributed by atoms with E-state index in [0.29, 0.717) is 10.7 Å². The summed E-state index contributed by atoms with van der Waals surface area (Å²) in [6.07, 6.45) is 1.51. The van der Waals surface area contributed by atoms with Gasteiger partial charge in [0.15, 0.2) is 0 Å². The molecular weight excluding hydrogens is 202 g/mol. The van der Waals surface area contributed by atoms with Gasteiger partial charge in [0, 0.05) is 16.7 Å². The quantitative estimate of drug-likeness (QED) is 0.763. The van der Waals surface area contributed by atoms with E-state index in [-0.39, 0.29) is 0 Å². The summed E-state index contributed by atoms with van der Waals surface area (Å²) in [6, 6.07) is 7.11. The number of benzene rings is 1. The fraction of sp³-hybridized carbons (Fsp3) is 0.100. The monoisotopic (exact) mass is 209 g/mol. The van der Waals surface area contributed by atoms with E-state index in [1.165, 1.54) is 6.26 Å². The molecule has 4 heteroatoms. The first-order valence-corrected chi connectivity index (χ1v) is 4.43. The predicted molar refractivity (Wildman–Crippen MR) is 53.5 cm³/mol. The average molecular weight is 210 g/mol. The van der Waals surface area contributed by atoms with Gasteiger partial charge in [-0.3, -0.25) is 0 Å². The van der Waals surface area contributed by atoms with Gasteiger partial charge in [0.2, 0.25) is 0 Å². The molecule has 1 aromatic carbocycles. The molecule has 1 heterocycles. The molecule has 0 amide bonds. The van der Waals surface area contributed by atoms with Crippen LogP contribution in [0.4, 0.5) is 0 Å². The number of nitrogens with zero attached hydrogens (tertiary/aromatic N) is 1. The number of methoxy groups -OCH3 is 1. The second-order valence-corrected chi connectivity index (χ2v) is 3.17. The van der Waals surface area contributed by atoms with Crippen molar-refractivity contribution in [3.8, 4) is 17.0 Å². The molecular formula is C10H8ClNO2. The highest BCUT2D eigenvalue weighted by molar-refractivity contribution is 6.30. The number of hydrogen-bond acceptors (Lipinski definition) is 3. The summed E-state index contributed by atoms with van der Waals surface area (Å²) in [5.74, 6) is 0.725. The van der Waals surface area contributed by atoms with Gasteiger partial charge in [-0.15, -0.1) is 0 Å². The van der Waals surface area contributed by atoms with E-state index in [2.05, 4.69) is 5.16 Å². The molecule has 0 spiro atoms. The molecule has 0 unspecified atom stereocenters. The third-order valence-corrected chi connectivity index (χ3v) is 2.11. The van der Waals surface area contributed by atoms with Crippen LogP contribution in [0.3, 0.4) is 0 Å². The van der Waals surface area contributed by atoms with Gasteiger partial charge in [-0.2, -0.15) is 0 Å². The molecule has 3 nitrogen and oxygen atoms in total. The van der Waals surface area contributed by atoms with Crippen LogP contribution in [0.5, 0.6) is 5.75 Å². The molecule has 72 valence electrons. The van der Waals surface area contributed by atoms with Crippen molar-refractivity contribution in [3.63, 3.8) is 0 Å². The summed E-state index contributed by atoms with van der Waals surface area (Å²) >= 11 is 5.88. The molecule has 0 aliphatic heterocycles. The minimum atomic E-state index is 0.642. The van der Waals surface area contributed by atoms with Gasteiger partial charge in [0.25, 0.3) is 0 Å². The topological polar surface area (TPSA) is 35.3 Å². The predicted octanol–water partition coefficient (Wildman–Crippen LogP) is 3.00. The maximum absolute atomic E-state index is 5.88. The summed E-state index contributed by atoms with van der Waals surface area (Å²) in [7, 11) is 1.60. The smallest absolute Gasteiger partial charge is 0.128 e. The zero-order valence-corrected chi connectivity index (χ0v) is 8.28. The van der Waals surface area contributed by atoms with Crippen molar-refractivity contribution in [2.24, 2.45) is 0 Å². The minimum absolute atomic E-state index is 0.642. The molecule has 0 fully saturated rings. The van der Waals surface area contributed by atoms with Crippen molar-refractivity contribution in [2.75, 3.05) is 7.11 Å². The highest BCUT2D eigenvalue weighted by Crippen LogP contribution is 2.31. The maximum Gasteiger partial charge on any atom is 0.128 e. The van der Waals surface area contributed by atoms with Crippen LogP contribution < -0.4 is 4.74 Å². The standard InChI is InChI=1S/C10H8ClNO2/c1-13-10-3-2-7(11)6-8(10)9-4-5-14-12-9/h2-6H,1H3. The Kier molecular flexibility index (Phi) is 2.41. The zero-order chi connectivity index (χ0) is 9.97. The van der Waals surface area contributed by atoms with E-state index in [4.69, 9.17) is 20.9 Å². The first-order valence-electron chi connectivity index (χ1n) is 4.05. The molecule has 1 aromatic heterocycles. The molecule has 0 saturated heterocycles. The number of ether oxygens (including phenoxy) is 1. The van der Waals surface area contributed by atoms with Gasteiger partial charge in [-0.05, 0) is 18.2 Å². The van der Waals surface area contributed by atoms with Crippen LogP contribution in [0.25, 0.3) is 11.3 Å². The summed E-state index contributed by atoms with van der Waals surface area (Å²) in [5.41, 5.74) is 1.54. The Morgan fingerprint density at radius 1 is 1.36 bits per heavy atom. The van der Waals surface area contributed by atoms with Gasteiger partial charge in [0.1, 0.15) is 17.7 Å². The molecule has 0 aliphatic carbocycles. The molecule has 0 N–H and O–H groups in total. The molecule has 0 aliphatic rings. The van der Waals surface area contributed by atoms with Crippen LogP contribution in [-0.2, 0) is 0 Å². The van der Waals surface area contributed by atoms with Crippen LogP contribution in [-0.4, -0.2) is 12.3 Å². The number of aromatic nitrogens is 1. The first kappa shape index (κ1) is 9.09. The molecule has 2 aromatic rings. The third-order valence-electron chi connectivity index (χ3n) is 1.88. The lowest BCUT2D eigenvalue weighted by Gasteiger charge is -2.05. The Morgan fingerprint density at radius 2 is 2.21 bits per heavy atom. The van der Waals surface area contributed by atoms with Crippen molar-refractivity contribution < 1.29 is 9.26 Å². The van der Waals surface area contributed by atoms with E-state index < -0.39 is 0 Å². The van der Waals surface area contributed by atoms with Crippen LogP contribution >= 0.6 is 11.6 Å². The van der Waals surface area contributed by atoms with E-state index in [1.54, 1.807) is 31.4 Å². The Hall–Kier alpha value is -1.48. The Balaban J connectivity index is 2.55. The van der Waals surface area contributed by atoms with E-state index in [9.17, 15) is 0 Å². The van der Waals surface area contributed by atoms with Gasteiger partial charge < -0.3 is 9.26 Å². The van der Waals surface area contributed by atoms with E-state index >= 15 is 0 Å².